The Kier molecular flexibility index (Phi) is 5.70. The molecule has 2 atom stereocenters. The average molecular weight is 196 g/mol. The van der Waals surface area contributed by atoms with Crippen molar-refractivity contribution in [1.29, 1.82) is 0 Å². The van der Waals surface area contributed by atoms with Gasteiger partial charge in [-0.15, -0.1) is 0 Å². The zero-order valence-corrected chi connectivity index (χ0v) is 7.91. The molecule has 0 spiro atoms. The summed E-state index contributed by atoms with van der Waals surface area (Å²) in [7, 11) is -3.19. The summed E-state index contributed by atoms with van der Waals surface area (Å²) in [5.41, 5.74) is 10.3. The van der Waals surface area contributed by atoms with Crippen molar-refractivity contribution in [1.82, 2.24) is 0 Å². The third kappa shape index (κ3) is 5.69. The highest BCUT2D eigenvalue weighted by Crippen LogP contribution is 2.41. The van der Waals surface area contributed by atoms with Crippen LogP contribution in [0.1, 0.15) is 6.42 Å². The first kappa shape index (κ1) is 12.1. The lowest BCUT2D eigenvalue weighted by atomic mass is 10.4. The Bertz CT molecular complexity index is 165. The van der Waals surface area contributed by atoms with E-state index in [1.54, 1.807) is 0 Å². The molecule has 6 N–H and O–H groups in total. The van der Waals surface area contributed by atoms with Crippen molar-refractivity contribution >= 4 is 7.37 Å². The zero-order chi connectivity index (χ0) is 9.61. The van der Waals surface area contributed by atoms with Gasteiger partial charge in [0.1, 0.15) is 0 Å². The largest absolute Gasteiger partial charge is 0.391 e. The van der Waals surface area contributed by atoms with Crippen molar-refractivity contribution in [3.05, 3.63) is 0 Å². The van der Waals surface area contributed by atoms with Gasteiger partial charge in [-0.1, -0.05) is 0 Å². The maximum atomic E-state index is 11.2. The minimum absolute atomic E-state index is 0.0210. The van der Waals surface area contributed by atoms with E-state index >= 15 is 0 Å². The summed E-state index contributed by atoms with van der Waals surface area (Å²) in [6.45, 7) is 0.413. The lowest BCUT2D eigenvalue weighted by molar-refractivity contribution is 0.202. The van der Waals surface area contributed by atoms with Crippen LogP contribution >= 0.6 is 7.37 Å². The highest BCUT2D eigenvalue weighted by molar-refractivity contribution is 7.58. The molecule has 0 amide bonds. The second kappa shape index (κ2) is 5.67. The quantitative estimate of drug-likeness (QED) is 0.404. The van der Waals surface area contributed by atoms with Gasteiger partial charge >= 0.3 is 0 Å². The summed E-state index contributed by atoms with van der Waals surface area (Å²) in [5.74, 6) is 0. The topological polar surface area (TPSA) is 110 Å². The van der Waals surface area contributed by atoms with Crippen molar-refractivity contribution in [2.24, 2.45) is 11.5 Å². The van der Waals surface area contributed by atoms with E-state index in [9.17, 15) is 9.46 Å². The molecule has 0 aliphatic carbocycles. The standard InChI is InChI=1S/C6H17N2O3P/c7-2-1-3-12(10,11)5-6(9)4-8/h6,9H,1-5,7-8H2,(H,10,11). The van der Waals surface area contributed by atoms with Crippen LogP contribution in [0, 0.1) is 0 Å². The molecule has 0 aliphatic heterocycles. The van der Waals surface area contributed by atoms with Gasteiger partial charge in [0.2, 0.25) is 7.37 Å². The molecule has 0 heterocycles. The van der Waals surface area contributed by atoms with Crippen LogP contribution in [0.3, 0.4) is 0 Å². The monoisotopic (exact) mass is 196 g/mol. The van der Waals surface area contributed by atoms with Crippen LogP contribution in [0.5, 0.6) is 0 Å². The first-order chi connectivity index (χ1) is 5.52. The van der Waals surface area contributed by atoms with Crippen molar-refractivity contribution in [3.8, 4) is 0 Å². The summed E-state index contributed by atoms with van der Waals surface area (Å²) in [6.07, 6.45) is -0.326. The van der Waals surface area contributed by atoms with Crippen LogP contribution in [0.2, 0.25) is 0 Å². The van der Waals surface area contributed by atoms with Crippen LogP contribution in [0.4, 0.5) is 0 Å². The van der Waals surface area contributed by atoms with Crippen molar-refractivity contribution in [2.75, 3.05) is 25.4 Å². The Morgan fingerprint density at radius 3 is 2.42 bits per heavy atom. The molecule has 0 aromatic carbocycles. The van der Waals surface area contributed by atoms with E-state index in [1.807, 2.05) is 0 Å². The first-order valence-electron chi connectivity index (χ1n) is 3.91. The van der Waals surface area contributed by atoms with Gasteiger partial charge < -0.3 is 21.5 Å². The molecule has 0 bridgehead atoms. The van der Waals surface area contributed by atoms with Gasteiger partial charge in [-0.05, 0) is 13.0 Å². The number of hydrogen-bond acceptors (Lipinski definition) is 4. The van der Waals surface area contributed by atoms with E-state index in [4.69, 9.17) is 16.6 Å². The molecular weight excluding hydrogens is 179 g/mol. The number of aliphatic hydroxyl groups is 1. The SMILES string of the molecule is NCCCP(=O)(O)CC(O)CN. The fraction of sp³-hybridized carbons (Fsp3) is 1.00. The Hall–Kier alpha value is 0.0700. The lowest BCUT2D eigenvalue weighted by Crippen LogP contribution is -2.24. The van der Waals surface area contributed by atoms with Gasteiger partial charge in [0.15, 0.2) is 0 Å². The van der Waals surface area contributed by atoms with Gasteiger partial charge in [-0.25, -0.2) is 0 Å². The van der Waals surface area contributed by atoms with E-state index in [0.29, 0.717) is 13.0 Å². The van der Waals surface area contributed by atoms with Gasteiger partial charge in [-0.3, -0.25) is 4.57 Å². The summed E-state index contributed by atoms with van der Waals surface area (Å²) >= 11 is 0. The third-order valence-corrected chi connectivity index (χ3v) is 3.49. The molecule has 0 aromatic heterocycles. The predicted octanol–water partition coefficient (Wildman–Crippen LogP) is -1.07. The molecule has 12 heavy (non-hydrogen) atoms. The zero-order valence-electron chi connectivity index (χ0n) is 7.02. The van der Waals surface area contributed by atoms with E-state index < -0.39 is 13.5 Å². The van der Waals surface area contributed by atoms with E-state index in [0.717, 1.165) is 0 Å². The molecule has 0 fully saturated rings. The summed E-state index contributed by atoms with van der Waals surface area (Å²) in [6, 6.07) is 0. The highest BCUT2D eigenvalue weighted by Gasteiger charge is 2.21. The summed E-state index contributed by atoms with van der Waals surface area (Å²) < 4.78 is 11.2. The molecule has 74 valence electrons. The Labute approximate surface area is 72.2 Å². The van der Waals surface area contributed by atoms with Crippen molar-refractivity contribution < 1.29 is 14.6 Å². The molecule has 2 unspecified atom stereocenters. The minimum atomic E-state index is -3.19. The summed E-state index contributed by atoms with van der Waals surface area (Å²) in [4.78, 5) is 9.23. The lowest BCUT2D eigenvalue weighted by Gasteiger charge is -2.13. The van der Waals surface area contributed by atoms with Gasteiger partial charge in [-0.2, -0.15) is 0 Å². The number of hydrogen-bond donors (Lipinski definition) is 4. The van der Waals surface area contributed by atoms with Crippen molar-refractivity contribution in [3.63, 3.8) is 0 Å². The number of rotatable bonds is 6. The molecule has 0 radical (unpaired) electrons. The van der Waals surface area contributed by atoms with E-state index in [1.165, 1.54) is 0 Å². The predicted molar refractivity (Wildman–Crippen MR) is 48.3 cm³/mol. The molecule has 6 heteroatoms. The van der Waals surface area contributed by atoms with Crippen LogP contribution in [-0.4, -0.2) is 41.5 Å². The van der Waals surface area contributed by atoms with Crippen LogP contribution < -0.4 is 11.5 Å². The molecule has 0 rings (SSSR count). The molecule has 0 saturated carbocycles. The number of aliphatic hydroxyl groups excluding tert-OH is 1. The van der Waals surface area contributed by atoms with E-state index in [-0.39, 0.29) is 18.9 Å². The highest BCUT2D eigenvalue weighted by atomic mass is 31.2. The Morgan fingerprint density at radius 1 is 1.42 bits per heavy atom. The smallest absolute Gasteiger partial charge is 0.203 e. The second-order valence-electron chi connectivity index (χ2n) is 2.78. The Morgan fingerprint density at radius 2 is 2.00 bits per heavy atom. The van der Waals surface area contributed by atoms with Crippen LogP contribution in [0.25, 0.3) is 0 Å². The average Bonchev–Trinajstić information content (AvgIpc) is 2.00. The van der Waals surface area contributed by atoms with Gasteiger partial charge in [0.25, 0.3) is 0 Å². The third-order valence-electron chi connectivity index (χ3n) is 1.48. The van der Waals surface area contributed by atoms with Gasteiger partial charge in [0, 0.05) is 12.7 Å². The fourth-order valence-corrected chi connectivity index (χ4v) is 2.50. The minimum Gasteiger partial charge on any atom is -0.391 e. The summed E-state index contributed by atoms with van der Waals surface area (Å²) in [5, 5.41) is 9.00. The van der Waals surface area contributed by atoms with E-state index in [2.05, 4.69) is 0 Å². The van der Waals surface area contributed by atoms with Crippen LogP contribution in [0.15, 0.2) is 0 Å². The molecular formula is C6H17N2O3P. The maximum Gasteiger partial charge on any atom is 0.203 e. The molecule has 5 nitrogen and oxygen atoms in total. The molecule has 0 aromatic rings. The fourth-order valence-electron chi connectivity index (χ4n) is 0.833. The maximum absolute atomic E-state index is 11.2. The molecule has 0 saturated heterocycles. The molecule has 0 aliphatic rings. The van der Waals surface area contributed by atoms with Crippen LogP contribution in [-0.2, 0) is 4.57 Å². The van der Waals surface area contributed by atoms with Gasteiger partial charge in [0.05, 0.1) is 12.3 Å². The van der Waals surface area contributed by atoms with Crippen molar-refractivity contribution in [2.45, 2.75) is 12.5 Å². The number of nitrogens with two attached hydrogens (primary N) is 2. The first-order valence-corrected chi connectivity index (χ1v) is 5.94. The normalized spacial score (nSPS) is 18.7. The Balaban J connectivity index is 3.78. The second-order valence-corrected chi connectivity index (χ2v) is 5.29.